The molecular weight excluding hydrogens is 396 g/mol. The third kappa shape index (κ3) is 6.08. The molecule has 1 aromatic carbocycles. The van der Waals surface area contributed by atoms with Gasteiger partial charge in [0.2, 0.25) is 0 Å². The second-order valence-corrected chi connectivity index (χ2v) is 7.25. The number of carbonyl (C=O) groups excluding carboxylic acids is 4. The molecule has 1 aliphatic rings. The summed E-state index contributed by atoms with van der Waals surface area (Å²) in [7, 11) is 0. The number of nitrogens with one attached hydrogen (secondary N) is 2. The van der Waals surface area contributed by atoms with Crippen molar-refractivity contribution in [1.29, 1.82) is 0 Å². The Kier molecular flexibility index (Phi) is 8.26. The topological polar surface area (TPSA) is 111 Å². The molecule has 0 radical (unpaired) electrons. The van der Waals surface area contributed by atoms with Crippen LogP contribution in [-0.2, 0) is 19.1 Å². The van der Waals surface area contributed by atoms with Crippen molar-refractivity contribution < 1.29 is 28.7 Å². The minimum atomic E-state index is -0.617. The summed E-state index contributed by atoms with van der Waals surface area (Å²) < 4.78 is 10.4. The molecule has 0 saturated heterocycles. The van der Waals surface area contributed by atoms with E-state index in [0.29, 0.717) is 16.9 Å². The van der Waals surface area contributed by atoms with Crippen molar-refractivity contribution in [3.05, 3.63) is 41.1 Å². The van der Waals surface area contributed by atoms with Gasteiger partial charge in [0, 0.05) is 4.90 Å². The van der Waals surface area contributed by atoms with Gasteiger partial charge in [-0.1, -0.05) is 19.1 Å². The molecule has 156 valence electrons. The largest absolute Gasteiger partial charge is 0.463 e. The van der Waals surface area contributed by atoms with E-state index in [4.69, 9.17) is 9.47 Å². The molecule has 0 unspecified atom stereocenters. The zero-order valence-electron chi connectivity index (χ0n) is 16.6. The normalized spacial score (nSPS) is 16.0. The van der Waals surface area contributed by atoms with Crippen molar-refractivity contribution >= 4 is 35.5 Å². The van der Waals surface area contributed by atoms with Crippen LogP contribution in [0.5, 0.6) is 0 Å². The molecule has 0 aliphatic carbocycles. The number of urea groups is 1. The van der Waals surface area contributed by atoms with Crippen molar-refractivity contribution in [2.45, 2.75) is 38.1 Å². The van der Waals surface area contributed by atoms with E-state index in [-0.39, 0.29) is 36.0 Å². The van der Waals surface area contributed by atoms with Gasteiger partial charge in [-0.3, -0.25) is 4.79 Å². The zero-order chi connectivity index (χ0) is 21.4. The van der Waals surface area contributed by atoms with Crippen LogP contribution in [0.15, 0.2) is 40.4 Å². The molecule has 0 saturated carbocycles. The molecule has 2 amide bonds. The predicted octanol–water partition coefficient (Wildman–Crippen LogP) is 2.43. The number of benzene rings is 1. The molecule has 1 aliphatic heterocycles. The number of rotatable bonds is 9. The highest BCUT2D eigenvalue weighted by atomic mass is 32.2. The van der Waals surface area contributed by atoms with Gasteiger partial charge < -0.3 is 20.1 Å². The molecule has 8 nitrogen and oxygen atoms in total. The number of hydrogen-bond acceptors (Lipinski definition) is 7. The standard InChI is InChI=1S/C20H24N2O6S/c1-4-14-17(19(25)27-5-2)15(22-20(26)21-14)10-28-18(24)13-8-6-7-9-16(13)29-11-12(3)23/h6-9,14H,4-5,10-11H2,1-3H3,(H2,21,22,26)/t14-/m0/s1. The molecule has 0 fully saturated rings. The van der Waals surface area contributed by atoms with Gasteiger partial charge in [-0.2, -0.15) is 0 Å². The summed E-state index contributed by atoms with van der Waals surface area (Å²) in [6.07, 6.45) is 0.476. The van der Waals surface area contributed by atoms with Gasteiger partial charge >= 0.3 is 18.0 Å². The van der Waals surface area contributed by atoms with E-state index in [1.165, 1.54) is 18.7 Å². The van der Waals surface area contributed by atoms with Crippen LogP contribution in [0, 0.1) is 0 Å². The average molecular weight is 420 g/mol. The monoisotopic (exact) mass is 420 g/mol. The quantitative estimate of drug-likeness (QED) is 0.466. The van der Waals surface area contributed by atoms with E-state index >= 15 is 0 Å². The Morgan fingerprint density at radius 1 is 1.10 bits per heavy atom. The first kappa shape index (κ1) is 22.5. The molecule has 2 rings (SSSR count). The van der Waals surface area contributed by atoms with Crippen LogP contribution in [0.25, 0.3) is 0 Å². The van der Waals surface area contributed by atoms with E-state index in [9.17, 15) is 19.2 Å². The highest BCUT2D eigenvalue weighted by molar-refractivity contribution is 8.00. The van der Waals surface area contributed by atoms with Crippen LogP contribution in [-0.4, -0.2) is 48.8 Å². The molecule has 1 atom stereocenters. The summed E-state index contributed by atoms with van der Waals surface area (Å²) in [5.41, 5.74) is 0.742. The number of hydrogen-bond donors (Lipinski definition) is 2. The summed E-state index contributed by atoms with van der Waals surface area (Å²) >= 11 is 1.25. The maximum Gasteiger partial charge on any atom is 0.339 e. The fourth-order valence-electron chi connectivity index (χ4n) is 2.73. The third-order valence-corrected chi connectivity index (χ3v) is 5.25. The fraction of sp³-hybridized carbons (Fsp3) is 0.400. The minimum absolute atomic E-state index is 0.00886. The molecule has 0 spiro atoms. The second-order valence-electron chi connectivity index (χ2n) is 6.23. The lowest BCUT2D eigenvalue weighted by molar-refractivity contribution is -0.139. The van der Waals surface area contributed by atoms with Crippen LogP contribution in [0.4, 0.5) is 4.79 Å². The highest BCUT2D eigenvalue weighted by Crippen LogP contribution is 2.24. The molecule has 1 aromatic rings. The van der Waals surface area contributed by atoms with Gasteiger partial charge in [0.15, 0.2) is 0 Å². The molecule has 29 heavy (non-hydrogen) atoms. The Labute approximate surface area is 173 Å². The predicted molar refractivity (Wildman–Crippen MR) is 108 cm³/mol. The van der Waals surface area contributed by atoms with E-state index in [1.807, 2.05) is 6.92 Å². The summed E-state index contributed by atoms with van der Waals surface area (Å²) in [6, 6.07) is 5.77. The first-order chi connectivity index (χ1) is 13.9. The Balaban J connectivity index is 2.21. The minimum Gasteiger partial charge on any atom is -0.463 e. The molecule has 0 aromatic heterocycles. The molecule has 1 heterocycles. The lowest BCUT2D eigenvalue weighted by Gasteiger charge is -2.28. The molecule has 2 N–H and O–H groups in total. The Hall–Kier alpha value is -2.81. The van der Waals surface area contributed by atoms with Gasteiger partial charge in [0.1, 0.15) is 12.4 Å². The molecular formula is C20H24N2O6S. The van der Waals surface area contributed by atoms with Crippen molar-refractivity contribution in [2.75, 3.05) is 19.0 Å². The van der Waals surface area contributed by atoms with E-state index in [2.05, 4.69) is 10.6 Å². The lowest BCUT2D eigenvalue weighted by atomic mass is 10.0. The summed E-state index contributed by atoms with van der Waals surface area (Å²) in [4.78, 5) is 48.7. The van der Waals surface area contributed by atoms with Crippen molar-refractivity contribution in [3.63, 3.8) is 0 Å². The first-order valence-corrected chi connectivity index (χ1v) is 10.2. The summed E-state index contributed by atoms with van der Waals surface area (Å²) in [5.74, 6) is -0.962. The smallest absolute Gasteiger partial charge is 0.339 e. The highest BCUT2D eigenvalue weighted by Gasteiger charge is 2.32. The van der Waals surface area contributed by atoms with Gasteiger partial charge in [-0.15, -0.1) is 11.8 Å². The van der Waals surface area contributed by atoms with Crippen LogP contribution in [0.1, 0.15) is 37.6 Å². The van der Waals surface area contributed by atoms with Crippen LogP contribution >= 0.6 is 11.8 Å². The summed E-state index contributed by atoms with van der Waals surface area (Å²) in [5, 5.41) is 5.19. The van der Waals surface area contributed by atoms with Gasteiger partial charge in [-0.05, 0) is 32.4 Å². The SMILES string of the molecule is CCOC(=O)C1=C(COC(=O)c2ccccc2SCC(C)=O)NC(=O)N[C@H]1CC. The number of Topliss-reactive ketones (excluding diaryl/α,β-unsaturated/α-hetero) is 1. The van der Waals surface area contributed by atoms with Crippen LogP contribution in [0.3, 0.4) is 0 Å². The molecule has 0 bridgehead atoms. The summed E-state index contributed by atoms with van der Waals surface area (Å²) in [6.45, 7) is 4.87. The number of ketones is 1. The van der Waals surface area contributed by atoms with E-state index in [1.54, 1.807) is 31.2 Å². The van der Waals surface area contributed by atoms with Crippen LogP contribution in [0.2, 0.25) is 0 Å². The lowest BCUT2D eigenvalue weighted by Crippen LogP contribution is -2.51. The number of thioether (sulfide) groups is 1. The fourth-order valence-corrected chi connectivity index (χ4v) is 3.57. The second kappa shape index (κ2) is 10.7. The van der Waals surface area contributed by atoms with Gasteiger partial charge in [-0.25, -0.2) is 14.4 Å². The zero-order valence-corrected chi connectivity index (χ0v) is 17.4. The maximum atomic E-state index is 12.6. The number of ether oxygens (including phenoxy) is 2. The average Bonchev–Trinajstić information content (AvgIpc) is 2.70. The van der Waals surface area contributed by atoms with Crippen LogP contribution < -0.4 is 10.6 Å². The number of amides is 2. The Bertz CT molecular complexity index is 836. The van der Waals surface area contributed by atoms with E-state index in [0.717, 1.165) is 0 Å². The van der Waals surface area contributed by atoms with E-state index < -0.39 is 24.0 Å². The van der Waals surface area contributed by atoms with Crippen molar-refractivity contribution in [3.8, 4) is 0 Å². The third-order valence-electron chi connectivity index (χ3n) is 4.03. The molecule has 9 heteroatoms. The Morgan fingerprint density at radius 3 is 2.48 bits per heavy atom. The first-order valence-electron chi connectivity index (χ1n) is 9.23. The number of esters is 2. The number of carbonyl (C=O) groups is 4. The maximum absolute atomic E-state index is 12.6. The van der Waals surface area contributed by atoms with Gasteiger partial charge in [0.25, 0.3) is 0 Å². The Morgan fingerprint density at radius 2 is 1.83 bits per heavy atom. The van der Waals surface area contributed by atoms with Crippen molar-refractivity contribution in [1.82, 2.24) is 10.6 Å². The van der Waals surface area contributed by atoms with Crippen molar-refractivity contribution in [2.24, 2.45) is 0 Å². The van der Waals surface area contributed by atoms with Gasteiger partial charge in [0.05, 0.1) is 35.2 Å².